The first-order chi connectivity index (χ1) is 8.50. The second-order valence-electron chi connectivity index (χ2n) is 6.53. The molecular weight excluding hydrogens is 224 g/mol. The van der Waals surface area contributed by atoms with Crippen molar-refractivity contribution in [1.82, 2.24) is 4.90 Å². The quantitative estimate of drug-likeness (QED) is 0.779. The molecule has 5 atom stereocenters. The number of rotatable bonds is 1. The van der Waals surface area contributed by atoms with Gasteiger partial charge in [0.25, 0.3) is 0 Å². The lowest BCUT2D eigenvalue weighted by Gasteiger charge is -2.42. The van der Waals surface area contributed by atoms with Crippen LogP contribution in [0.25, 0.3) is 0 Å². The lowest BCUT2D eigenvalue weighted by Crippen LogP contribution is -2.51. The standard InChI is InChI=1S/C15H28N2O/c1-10-9-13(7-8-14(10)16)15(18)17-11(2)5-4-6-12(17)3/h10-14H,4-9,16H2,1-3H3. The Kier molecular flexibility index (Phi) is 4.31. The van der Waals surface area contributed by atoms with Gasteiger partial charge in [0.2, 0.25) is 5.91 Å². The third-order valence-electron chi connectivity index (χ3n) is 5.03. The van der Waals surface area contributed by atoms with Gasteiger partial charge in [0.15, 0.2) is 0 Å². The number of hydrogen-bond acceptors (Lipinski definition) is 2. The summed E-state index contributed by atoms with van der Waals surface area (Å²) in [6.45, 7) is 6.59. The summed E-state index contributed by atoms with van der Waals surface area (Å²) in [6, 6.07) is 1.14. The molecule has 0 aromatic rings. The van der Waals surface area contributed by atoms with Crippen molar-refractivity contribution in [2.24, 2.45) is 17.6 Å². The van der Waals surface area contributed by atoms with Gasteiger partial charge in [-0.2, -0.15) is 0 Å². The molecule has 0 aromatic heterocycles. The molecule has 2 N–H and O–H groups in total. The van der Waals surface area contributed by atoms with E-state index in [-0.39, 0.29) is 5.92 Å². The second-order valence-corrected chi connectivity index (χ2v) is 6.53. The van der Waals surface area contributed by atoms with Crippen molar-refractivity contribution < 1.29 is 4.79 Å². The molecule has 5 unspecified atom stereocenters. The molecule has 3 nitrogen and oxygen atoms in total. The fourth-order valence-corrected chi connectivity index (χ4v) is 3.71. The zero-order valence-electron chi connectivity index (χ0n) is 12.1. The number of amides is 1. The molecule has 1 aliphatic carbocycles. The van der Waals surface area contributed by atoms with Crippen molar-refractivity contribution in [3.63, 3.8) is 0 Å². The smallest absolute Gasteiger partial charge is 0.226 e. The molecule has 2 rings (SSSR count). The van der Waals surface area contributed by atoms with Crippen LogP contribution in [0.1, 0.15) is 59.3 Å². The van der Waals surface area contributed by atoms with E-state index in [9.17, 15) is 4.79 Å². The van der Waals surface area contributed by atoms with Crippen LogP contribution >= 0.6 is 0 Å². The molecule has 104 valence electrons. The average molecular weight is 252 g/mol. The molecule has 0 aromatic carbocycles. The van der Waals surface area contributed by atoms with Crippen LogP contribution in [0.4, 0.5) is 0 Å². The molecule has 0 bridgehead atoms. The minimum atomic E-state index is 0.225. The maximum absolute atomic E-state index is 12.7. The van der Waals surface area contributed by atoms with E-state index in [0.29, 0.717) is 30.0 Å². The molecule has 3 heteroatoms. The van der Waals surface area contributed by atoms with Gasteiger partial charge < -0.3 is 10.6 Å². The summed E-state index contributed by atoms with van der Waals surface area (Å²) in [4.78, 5) is 14.9. The summed E-state index contributed by atoms with van der Waals surface area (Å²) in [5.74, 6) is 1.11. The molecule has 0 spiro atoms. The highest BCUT2D eigenvalue weighted by Gasteiger charge is 2.36. The molecule has 1 saturated carbocycles. The van der Waals surface area contributed by atoms with Crippen molar-refractivity contribution in [2.75, 3.05) is 0 Å². The maximum Gasteiger partial charge on any atom is 0.226 e. The number of carbonyl (C=O) groups excluding carboxylic acids is 1. The van der Waals surface area contributed by atoms with E-state index in [1.54, 1.807) is 0 Å². The third-order valence-corrected chi connectivity index (χ3v) is 5.03. The van der Waals surface area contributed by atoms with Crippen molar-refractivity contribution in [1.29, 1.82) is 0 Å². The van der Waals surface area contributed by atoms with E-state index in [1.807, 2.05) is 0 Å². The van der Waals surface area contributed by atoms with Crippen molar-refractivity contribution in [3.05, 3.63) is 0 Å². The fraction of sp³-hybridized carbons (Fsp3) is 0.933. The van der Waals surface area contributed by atoms with Gasteiger partial charge in [-0.15, -0.1) is 0 Å². The van der Waals surface area contributed by atoms with Gasteiger partial charge in [0, 0.05) is 24.0 Å². The summed E-state index contributed by atoms with van der Waals surface area (Å²) in [5, 5.41) is 0. The zero-order valence-corrected chi connectivity index (χ0v) is 12.1. The SMILES string of the molecule is CC1CC(C(=O)N2C(C)CCCC2C)CCC1N. The van der Waals surface area contributed by atoms with Crippen LogP contribution in [-0.4, -0.2) is 28.9 Å². The lowest BCUT2D eigenvalue weighted by molar-refractivity contribution is -0.143. The highest BCUT2D eigenvalue weighted by molar-refractivity contribution is 5.79. The Morgan fingerprint density at radius 2 is 1.67 bits per heavy atom. The van der Waals surface area contributed by atoms with Gasteiger partial charge in [0.1, 0.15) is 0 Å². The molecule has 1 saturated heterocycles. The number of hydrogen-bond donors (Lipinski definition) is 1. The highest BCUT2D eigenvalue weighted by Crippen LogP contribution is 2.32. The molecule has 1 heterocycles. The van der Waals surface area contributed by atoms with Crippen molar-refractivity contribution in [2.45, 2.75) is 77.4 Å². The minimum absolute atomic E-state index is 0.225. The van der Waals surface area contributed by atoms with Gasteiger partial charge >= 0.3 is 0 Å². The number of nitrogens with two attached hydrogens (primary N) is 1. The normalized spacial score (nSPS) is 41.8. The molecule has 1 amide bonds. The van der Waals surface area contributed by atoms with Crippen LogP contribution in [0.2, 0.25) is 0 Å². The summed E-state index contributed by atoms with van der Waals surface area (Å²) in [7, 11) is 0. The fourth-order valence-electron chi connectivity index (χ4n) is 3.71. The Morgan fingerprint density at radius 1 is 1.06 bits per heavy atom. The van der Waals surface area contributed by atoms with Gasteiger partial charge in [-0.3, -0.25) is 4.79 Å². The summed E-state index contributed by atoms with van der Waals surface area (Å²) < 4.78 is 0. The summed E-state index contributed by atoms with van der Waals surface area (Å²) >= 11 is 0. The largest absolute Gasteiger partial charge is 0.337 e. The third kappa shape index (κ3) is 2.71. The summed E-state index contributed by atoms with van der Waals surface area (Å²) in [6.07, 6.45) is 6.57. The number of nitrogens with zero attached hydrogens (tertiary/aromatic N) is 1. The highest BCUT2D eigenvalue weighted by atomic mass is 16.2. The van der Waals surface area contributed by atoms with Crippen LogP contribution in [0.15, 0.2) is 0 Å². The molecule has 18 heavy (non-hydrogen) atoms. The first-order valence-electron chi connectivity index (χ1n) is 7.58. The van der Waals surface area contributed by atoms with E-state index in [2.05, 4.69) is 25.7 Å². The van der Waals surface area contributed by atoms with Crippen LogP contribution in [0, 0.1) is 11.8 Å². The molecular formula is C15H28N2O. The Hall–Kier alpha value is -0.570. The first kappa shape index (κ1) is 13.9. The van der Waals surface area contributed by atoms with E-state index >= 15 is 0 Å². The van der Waals surface area contributed by atoms with Gasteiger partial charge in [0.05, 0.1) is 0 Å². The zero-order chi connectivity index (χ0) is 13.3. The number of likely N-dealkylation sites (tertiary alicyclic amines) is 1. The molecule has 0 radical (unpaired) electrons. The summed E-state index contributed by atoms with van der Waals surface area (Å²) in [5.41, 5.74) is 6.05. The van der Waals surface area contributed by atoms with E-state index in [1.165, 1.54) is 6.42 Å². The van der Waals surface area contributed by atoms with Crippen molar-refractivity contribution in [3.8, 4) is 0 Å². The molecule has 1 aliphatic heterocycles. The average Bonchev–Trinajstić information content (AvgIpc) is 2.32. The first-order valence-corrected chi connectivity index (χ1v) is 7.58. The molecule has 2 fully saturated rings. The van der Waals surface area contributed by atoms with Gasteiger partial charge in [-0.1, -0.05) is 6.92 Å². The number of carbonyl (C=O) groups is 1. The van der Waals surface area contributed by atoms with Crippen LogP contribution in [0.3, 0.4) is 0 Å². The van der Waals surface area contributed by atoms with Crippen molar-refractivity contribution >= 4 is 5.91 Å². The monoisotopic (exact) mass is 252 g/mol. The van der Waals surface area contributed by atoms with E-state index < -0.39 is 0 Å². The minimum Gasteiger partial charge on any atom is -0.337 e. The predicted molar refractivity (Wildman–Crippen MR) is 74.1 cm³/mol. The van der Waals surface area contributed by atoms with E-state index in [0.717, 1.165) is 32.1 Å². The second kappa shape index (κ2) is 5.60. The van der Waals surface area contributed by atoms with Gasteiger partial charge in [-0.05, 0) is 58.3 Å². The Morgan fingerprint density at radius 3 is 2.22 bits per heavy atom. The Balaban J connectivity index is 2.01. The predicted octanol–water partition coefficient (Wildman–Crippen LogP) is 2.54. The van der Waals surface area contributed by atoms with Gasteiger partial charge in [-0.25, -0.2) is 0 Å². The van der Waals surface area contributed by atoms with Crippen LogP contribution in [0.5, 0.6) is 0 Å². The van der Waals surface area contributed by atoms with Crippen LogP contribution in [-0.2, 0) is 4.79 Å². The van der Waals surface area contributed by atoms with E-state index in [4.69, 9.17) is 5.73 Å². The molecule has 2 aliphatic rings. The Bertz CT molecular complexity index is 295. The topological polar surface area (TPSA) is 46.3 Å². The lowest BCUT2D eigenvalue weighted by atomic mass is 9.78. The van der Waals surface area contributed by atoms with Crippen LogP contribution < -0.4 is 5.73 Å². The number of piperidine rings is 1. The Labute approximate surface area is 111 Å². The maximum atomic E-state index is 12.7.